The van der Waals surface area contributed by atoms with Gasteiger partial charge in [0.15, 0.2) is 5.16 Å². The van der Waals surface area contributed by atoms with Crippen LogP contribution < -0.4 is 10.2 Å². The summed E-state index contributed by atoms with van der Waals surface area (Å²) in [5.74, 6) is 1.80. The zero-order chi connectivity index (χ0) is 20.2. The average molecular weight is 412 g/mol. The number of likely N-dealkylation sites (N-methyl/N-ethyl adjacent to an activating group) is 1. The van der Waals surface area contributed by atoms with Crippen LogP contribution in [0.4, 0.5) is 5.82 Å². The van der Waals surface area contributed by atoms with E-state index in [9.17, 15) is 4.79 Å². The normalized spacial score (nSPS) is 17.4. The fourth-order valence-electron chi connectivity index (χ4n) is 3.49. The van der Waals surface area contributed by atoms with Crippen LogP contribution in [0.15, 0.2) is 35.5 Å². The van der Waals surface area contributed by atoms with E-state index in [1.165, 1.54) is 0 Å². The van der Waals surface area contributed by atoms with Crippen molar-refractivity contribution in [3.63, 3.8) is 0 Å². The van der Waals surface area contributed by atoms with E-state index >= 15 is 0 Å². The van der Waals surface area contributed by atoms with Gasteiger partial charge in [-0.25, -0.2) is 9.97 Å². The molecule has 2 fully saturated rings. The Kier molecular flexibility index (Phi) is 6.35. The van der Waals surface area contributed by atoms with Crippen molar-refractivity contribution in [2.75, 3.05) is 37.6 Å². The number of aromatic nitrogens is 2. The number of nitrogens with zero attached hydrogens (tertiary/aromatic N) is 4. The Morgan fingerprint density at radius 3 is 2.69 bits per heavy atom. The van der Waals surface area contributed by atoms with E-state index in [0.717, 1.165) is 79.1 Å². The summed E-state index contributed by atoms with van der Waals surface area (Å²) < 4.78 is 0. The van der Waals surface area contributed by atoms with Gasteiger partial charge in [-0.1, -0.05) is 30.8 Å². The first kappa shape index (κ1) is 20.2. The monoisotopic (exact) mass is 411 g/mol. The highest BCUT2D eigenvalue weighted by Crippen LogP contribution is 2.24. The minimum Gasteiger partial charge on any atom is -0.354 e. The molecule has 1 saturated heterocycles. The van der Waals surface area contributed by atoms with E-state index in [1.807, 2.05) is 25.1 Å². The third kappa shape index (κ3) is 5.48. The van der Waals surface area contributed by atoms with Gasteiger partial charge in [-0.15, -0.1) is 0 Å². The molecule has 4 rings (SSSR count). The van der Waals surface area contributed by atoms with Gasteiger partial charge in [0.05, 0.1) is 0 Å². The Hall–Kier alpha value is -2.12. The molecule has 1 amide bonds. The number of carbonyl (C=O) groups is 1. The number of thioether (sulfide) groups is 1. The molecule has 7 heteroatoms. The first-order valence-electron chi connectivity index (χ1n) is 10.5. The van der Waals surface area contributed by atoms with Gasteiger partial charge in [-0.2, -0.15) is 0 Å². The average Bonchev–Trinajstić information content (AvgIpc) is 3.56. The minimum absolute atomic E-state index is 0.0275. The third-order valence-corrected chi connectivity index (χ3v) is 6.35. The Bertz CT molecular complexity index is 862. The quantitative estimate of drug-likeness (QED) is 0.558. The molecule has 0 unspecified atom stereocenters. The predicted octanol–water partition coefficient (Wildman–Crippen LogP) is 3.11. The molecule has 0 spiro atoms. The SMILES string of the molecule is CCN1CCN(c2cc(C)nc(SCc3cccc(C(=O)NC4CC4)c3)n2)CC1. The van der Waals surface area contributed by atoms with Crippen molar-refractivity contribution in [2.24, 2.45) is 0 Å². The first-order chi connectivity index (χ1) is 14.1. The summed E-state index contributed by atoms with van der Waals surface area (Å²) in [6.45, 7) is 9.52. The number of aryl methyl sites for hydroxylation is 1. The molecule has 1 saturated carbocycles. The van der Waals surface area contributed by atoms with Crippen LogP contribution in [-0.4, -0.2) is 59.5 Å². The maximum atomic E-state index is 12.3. The Morgan fingerprint density at radius 1 is 1.17 bits per heavy atom. The highest BCUT2D eigenvalue weighted by molar-refractivity contribution is 7.98. The lowest BCUT2D eigenvalue weighted by molar-refractivity contribution is 0.0951. The number of benzene rings is 1. The summed E-state index contributed by atoms with van der Waals surface area (Å²) in [6.07, 6.45) is 2.20. The molecule has 1 N–H and O–H groups in total. The van der Waals surface area contributed by atoms with E-state index in [2.05, 4.69) is 39.2 Å². The number of carbonyl (C=O) groups excluding carboxylic acids is 1. The van der Waals surface area contributed by atoms with Gasteiger partial charge in [0.25, 0.3) is 5.91 Å². The molecular weight excluding hydrogens is 382 g/mol. The molecule has 0 bridgehead atoms. The summed E-state index contributed by atoms with van der Waals surface area (Å²) in [7, 11) is 0. The zero-order valence-electron chi connectivity index (χ0n) is 17.2. The second-order valence-electron chi connectivity index (χ2n) is 7.81. The van der Waals surface area contributed by atoms with Gasteiger partial charge >= 0.3 is 0 Å². The molecule has 2 heterocycles. The lowest BCUT2D eigenvalue weighted by atomic mass is 10.1. The predicted molar refractivity (Wildman–Crippen MR) is 118 cm³/mol. The van der Waals surface area contributed by atoms with Gasteiger partial charge in [0, 0.05) is 55.3 Å². The minimum atomic E-state index is 0.0275. The highest BCUT2D eigenvalue weighted by Gasteiger charge is 2.23. The van der Waals surface area contributed by atoms with Gasteiger partial charge in [-0.05, 0) is 44.0 Å². The van der Waals surface area contributed by atoms with Gasteiger partial charge in [0.1, 0.15) is 5.82 Å². The van der Waals surface area contributed by atoms with Crippen LogP contribution in [0.25, 0.3) is 0 Å². The fourth-order valence-corrected chi connectivity index (χ4v) is 4.33. The van der Waals surface area contributed by atoms with E-state index in [1.54, 1.807) is 11.8 Å². The van der Waals surface area contributed by atoms with Crippen LogP contribution in [0.2, 0.25) is 0 Å². The molecule has 29 heavy (non-hydrogen) atoms. The summed E-state index contributed by atoms with van der Waals surface area (Å²) in [6, 6.07) is 10.3. The summed E-state index contributed by atoms with van der Waals surface area (Å²) in [5, 5.41) is 3.85. The lowest BCUT2D eigenvalue weighted by Crippen LogP contribution is -2.46. The van der Waals surface area contributed by atoms with E-state index in [-0.39, 0.29) is 5.91 Å². The summed E-state index contributed by atoms with van der Waals surface area (Å²) in [4.78, 5) is 26.5. The second kappa shape index (κ2) is 9.13. The molecule has 2 aliphatic rings. The molecule has 1 aliphatic heterocycles. The first-order valence-corrected chi connectivity index (χ1v) is 11.4. The fraction of sp³-hybridized carbons (Fsp3) is 0.500. The van der Waals surface area contributed by atoms with Gasteiger partial charge in [0.2, 0.25) is 0 Å². The molecule has 154 valence electrons. The maximum absolute atomic E-state index is 12.3. The molecule has 0 atom stereocenters. The molecule has 0 radical (unpaired) electrons. The number of nitrogens with one attached hydrogen (secondary N) is 1. The van der Waals surface area contributed by atoms with Crippen LogP contribution >= 0.6 is 11.8 Å². The molecule has 6 nitrogen and oxygen atoms in total. The standard InChI is InChI=1S/C22H29N5OS/c1-3-26-9-11-27(12-10-26)20-13-16(2)23-22(25-20)29-15-17-5-4-6-18(14-17)21(28)24-19-7-8-19/h4-6,13-14,19H,3,7-12,15H2,1-2H3,(H,24,28). The highest BCUT2D eigenvalue weighted by atomic mass is 32.2. The Labute approximate surface area is 177 Å². The van der Waals surface area contributed by atoms with Crippen molar-refractivity contribution in [1.29, 1.82) is 0 Å². The van der Waals surface area contributed by atoms with Crippen molar-refractivity contribution in [3.8, 4) is 0 Å². The van der Waals surface area contributed by atoms with Crippen LogP contribution in [-0.2, 0) is 5.75 Å². The van der Waals surface area contributed by atoms with Gasteiger partial charge in [-0.3, -0.25) is 4.79 Å². The molecule has 1 aromatic heterocycles. The third-order valence-electron chi connectivity index (χ3n) is 5.43. The van der Waals surface area contributed by atoms with Crippen LogP contribution in [0.3, 0.4) is 0 Å². The van der Waals surface area contributed by atoms with Crippen LogP contribution in [0.5, 0.6) is 0 Å². The zero-order valence-corrected chi connectivity index (χ0v) is 18.0. The lowest BCUT2D eigenvalue weighted by Gasteiger charge is -2.34. The van der Waals surface area contributed by atoms with Crippen molar-refractivity contribution in [3.05, 3.63) is 47.2 Å². The summed E-state index contributed by atoms with van der Waals surface area (Å²) in [5.41, 5.74) is 2.84. The molecule has 2 aromatic rings. The van der Waals surface area contributed by atoms with Crippen LogP contribution in [0, 0.1) is 6.92 Å². The van der Waals surface area contributed by atoms with Crippen molar-refractivity contribution >= 4 is 23.5 Å². The van der Waals surface area contributed by atoms with E-state index in [0.29, 0.717) is 6.04 Å². The second-order valence-corrected chi connectivity index (χ2v) is 8.75. The molecule has 1 aliphatic carbocycles. The Morgan fingerprint density at radius 2 is 1.97 bits per heavy atom. The largest absolute Gasteiger partial charge is 0.354 e. The smallest absolute Gasteiger partial charge is 0.251 e. The summed E-state index contributed by atoms with van der Waals surface area (Å²) >= 11 is 1.63. The number of rotatable bonds is 7. The topological polar surface area (TPSA) is 61.4 Å². The number of hydrogen-bond donors (Lipinski definition) is 1. The van der Waals surface area contributed by atoms with Crippen molar-refractivity contribution in [2.45, 2.75) is 43.6 Å². The number of amides is 1. The van der Waals surface area contributed by atoms with E-state index in [4.69, 9.17) is 4.98 Å². The Balaban J connectivity index is 1.39. The van der Waals surface area contributed by atoms with Gasteiger partial charge < -0.3 is 15.1 Å². The van der Waals surface area contributed by atoms with E-state index < -0.39 is 0 Å². The van der Waals surface area contributed by atoms with Crippen molar-refractivity contribution in [1.82, 2.24) is 20.2 Å². The van der Waals surface area contributed by atoms with Crippen LogP contribution in [0.1, 0.15) is 41.4 Å². The number of piperazine rings is 1. The molecule has 1 aromatic carbocycles. The van der Waals surface area contributed by atoms with Crippen molar-refractivity contribution < 1.29 is 4.79 Å². The maximum Gasteiger partial charge on any atom is 0.251 e. The number of hydrogen-bond acceptors (Lipinski definition) is 6. The molecular formula is C22H29N5OS. The number of anilines is 1.